The number of hydrogen-bond acceptors (Lipinski definition) is 2. The van der Waals surface area contributed by atoms with E-state index in [0.29, 0.717) is 11.5 Å². The summed E-state index contributed by atoms with van der Waals surface area (Å²) in [6.07, 6.45) is 1.39. The van der Waals surface area contributed by atoms with Gasteiger partial charge in [0.15, 0.2) is 0 Å². The molecule has 0 amide bonds. The van der Waals surface area contributed by atoms with Gasteiger partial charge in [-0.25, -0.2) is 0 Å². The zero-order valence-corrected chi connectivity index (χ0v) is 10.0. The van der Waals surface area contributed by atoms with Gasteiger partial charge in [0, 0.05) is 10.9 Å². The fraction of sp³-hybridized carbons (Fsp3) is 0.667. The highest BCUT2D eigenvalue weighted by molar-refractivity contribution is 7.10. The van der Waals surface area contributed by atoms with Gasteiger partial charge in [0.1, 0.15) is 0 Å². The van der Waals surface area contributed by atoms with Gasteiger partial charge in [-0.2, -0.15) is 0 Å². The van der Waals surface area contributed by atoms with E-state index < -0.39 is 0 Å². The molecule has 0 aromatic carbocycles. The van der Waals surface area contributed by atoms with Crippen molar-refractivity contribution in [1.29, 1.82) is 0 Å². The molecule has 1 aromatic rings. The van der Waals surface area contributed by atoms with E-state index in [2.05, 4.69) is 43.6 Å². The lowest BCUT2D eigenvalue weighted by Crippen LogP contribution is -2.21. The first-order valence-electron chi connectivity index (χ1n) is 5.36. The molecular weight excluding hydrogens is 190 g/mol. The molecule has 2 unspecified atom stereocenters. The van der Waals surface area contributed by atoms with Gasteiger partial charge in [0.2, 0.25) is 0 Å². The third-order valence-corrected chi connectivity index (χ3v) is 4.41. The summed E-state index contributed by atoms with van der Waals surface area (Å²) in [5, 5.41) is 5.76. The summed E-state index contributed by atoms with van der Waals surface area (Å²) < 4.78 is 0. The minimum absolute atomic E-state index is 0.520. The first-order chi connectivity index (χ1) is 6.59. The van der Waals surface area contributed by atoms with Crippen LogP contribution < -0.4 is 5.32 Å². The van der Waals surface area contributed by atoms with Gasteiger partial charge in [0.05, 0.1) is 0 Å². The molecule has 78 valence electrons. The van der Waals surface area contributed by atoms with Gasteiger partial charge >= 0.3 is 0 Å². The van der Waals surface area contributed by atoms with E-state index in [1.54, 1.807) is 0 Å². The van der Waals surface area contributed by atoms with Gasteiger partial charge in [-0.15, -0.1) is 11.3 Å². The number of nitrogens with one attached hydrogen (secondary N) is 1. The summed E-state index contributed by atoms with van der Waals surface area (Å²) in [6.45, 7) is 8.14. The van der Waals surface area contributed by atoms with Crippen molar-refractivity contribution in [2.45, 2.75) is 33.2 Å². The Kier molecular flexibility index (Phi) is 2.67. The first kappa shape index (κ1) is 10.2. The van der Waals surface area contributed by atoms with Crippen LogP contribution in [0.3, 0.4) is 0 Å². The highest BCUT2D eigenvalue weighted by atomic mass is 32.1. The van der Waals surface area contributed by atoms with Crippen molar-refractivity contribution in [3.63, 3.8) is 0 Å². The lowest BCUT2D eigenvalue weighted by molar-refractivity contribution is 0.488. The highest BCUT2D eigenvalue weighted by Gasteiger charge is 2.44. The van der Waals surface area contributed by atoms with E-state index in [4.69, 9.17) is 0 Å². The van der Waals surface area contributed by atoms with Crippen LogP contribution in [0.4, 0.5) is 0 Å². The minimum Gasteiger partial charge on any atom is -0.309 e. The number of thiophene rings is 1. The van der Waals surface area contributed by atoms with Crippen molar-refractivity contribution >= 4 is 11.3 Å². The number of rotatable bonds is 4. The molecule has 0 aliphatic heterocycles. The normalized spacial score (nSPS) is 26.1. The zero-order chi connectivity index (χ0) is 10.2. The molecule has 1 nitrogen and oxygen atoms in total. The third kappa shape index (κ3) is 2.18. The molecule has 2 atom stereocenters. The molecule has 1 aliphatic rings. The SMILES string of the molecule is CC(NCC1CC1(C)C)c1cccs1. The molecular formula is C12H19NS. The molecule has 1 N–H and O–H groups in total. The van der Waals surface area contributed by atoms with Crippen molar-refractivity contribution in [1.82, 2.24) is 5.32 Å². The van der Waals surface area contributed by atoms with E-state index in [9.17, 15) is 0 Å². The second kappa shape index (κ2) is 3.67. The summed E-state index contributed by atoms with van der Waals surface area (Å²) in [7, 11) is 0. The van der Waals surface area contributed by atoms with Crippen LogP contribution in [0.5, 0.6) is 0 Å². The largest absolute Gasteiger partial charge is 0.309 e. The fourth-order valence-electron chi connectivity index (χ4n) is 1.88. The summed E-state index contributed by atoms with van der Waals surface area (Å²) in [6, 6.07) is 4.85. The van der Waals surface area contributed by atoms with Gasteiger partial charge < -0.3 is 5.32 Å². The van der Waals surface area contributed by atoms with Crippen molar-refractivity contribution in [2.24, 2.45) is 11.3 Å². The summed E-state index contributed by atoms with van der Waals surface area (Å²) in [5.74, 6) is 0.893. The van der Waals surface area contributed by atoms with Crippen LogP contribution in [-0.2, 0) is 0 Å². The van der Waals surface area contributed by atoms with E-state index in [0.717, 1.165) is 5.92 Å². The Balaban J connectivity index is 1.77. The predicted molar refractivity (Wildman–Crippen MR) is 62.6 cm³/mol. The van der Waals surface area contributed by atoms with Crippen LogP contribution in [0.1, 0.15) is 38.1 Å². The molecule has 1 saturated carbocycles. The maximum atomic E-state index is 3.61. The maximum absolute atomic E-state index is 3.61. The topological polar surface area (TPSA) is 12.0 Å². The second-order valence-corrected chi connectivity index (χ2v) is 6.01. The van der Waals surface area contributed by atoms with Gasteiger partial charge in [-0.05, 0) is 42.7 Å². The van der Waals surface area contributed by atoms with Crippen molar-refractivity contribution < 1.29 is 0 Å². The Hall–Kier alpha value is -0.340. The summed E-state index contributed by atoms with van der Waals surface area (Å²) in [4.78, 5) is 1.45. The average molecular weight is 209 g/mol. The van der Waals surface area contributed by atoms with E-state index in [1.165, 1.54) is 17.8 Å². The first-order valence-corrected chi connectivity index (χ1v) is 6.24. The fourth-order valence-corrected chi connectivity index (χ4v) is 2.64. The minimum atomic E-state index is 0.520. The smallest absolute Gasteiger partial charge is 0.0386 e. The highest BCUT2D eigenvalue weighted by Crippen LogP contribution is 2.51. The van der Waals surface area contributed by atoms with Gasteiger partial charge in [-0.1, -0.05) is 19.9 Å². The van der Waals surface area contributed by atoms with Crippen LogP contribution in [0.2, 0.25) is 0 Å². The molecule has 2 heteroatoms. The Labute approximate surface area is 90.5 Å². The van der Waals surface area contributed by atoms with E-state index >= 15 is 0 Å². The van der Waals surface area contributed by atoms with Crippen molar-refractivity contribution in [3.8, 4) is 0 Å². The monoisotopic (exact) mass is 209 g/mol. The van der Waals surface area contributed by atoms with Crippen LogP contribution in [-0.4, -0.2) is 6.54 Å². The Morgan fingerprint density at radius 2 is 2.36 bits per heavy atom. The Morgan fingerprint density at radius 1 is 1.64 bits per heavy atom. The van der Waals surface area contributed by atoms with Crippen LogP contribution in [0, 0.1) is 11.3 Å². The molecule has 2 rings (SSSR count). The Morgan fingerprint density at radius 3 is 2.86 bits per heavy atom. The lowest BCUT2D eigenvalue weighted by Gasteiger charge is -2.12. The van der Waals surface area contributed by atoms with Crippen molar-refractivity contribution in [3.05, 3.63) is 22.4 Å². The van der Waals surface area contributed by atoms with Crippen LogP contribution in [0.25, 0.3) is 0 Å². The molecule has 14 heavy (non-hydrogen) atoms. The molecule has 1 fully saturated rings. The predicted octanol–water partition coefficient (Wildman–Crippen LogP) is 3.44. The molecule has 1 aliphatic carbocycles. The van der Waals surface area contributed by atoms with Crippen LogP contribution in [0.15, 0.2) is 17.5 Å². The molecule has 1 aromatic heterocycles. The molecule has 0 radical (unpaired) electrons. The van der Waals surface area contributed by atoms with Gasteiger partial charge in [-0.3, -0.25) is 0 Å². The number of hydrogen-bond donors (Lipinski definition) is 1. The third-order valence-electron chi connectivity index (χ3n) is 3.36. The molecule has 0 saturated heterocycles. The maximum Gasteiger partial charge on any atom is 0.0386 e. The zero-order valence-electron chi connectivity index (χ0n) is 9.21. The lowest BCUT2D eigenvalue weighted by atomic mass is 10.1. The second-order valence-electron chi connectivity index (χ2n) is 5.03. The van der Waals surface area contributed by atoms with Gasteiger partial charge in [0.25, 0.3) is 0 Å². The standard InChI is InChI=1S/C12H19NS/c1-9(11-5-4-6-14-11)13-8-10-7-12(10,2)3/h4-6,9-10,13H,7-8H2,1-3H3. The van der Waals surface area contributed by atoms with Crippen molar-refractivity contribution in [2.75, 3.05) is 6.54 Å². The van der Waals surface area contributed by atoms with Crippen LogP contribution >= 0.6 is 11.3 Å². The Bertz CT molecular complexity index is 289. The average Bonchev–Trinajstić information content (AvgIpc) is 2.58. The summed E-state index contributed by atoms with van der Waals surface area (Å²) in [5.41, 5.74) is 0.599. The summed E-state index contributed by atoms with van der Waals surface area (Å²) >= 11 is 1.84. The molecule has 0 bridgehead atoms. The quantitative estimate of drug-likeness (QED) is 0.801. The van der Waals surface area contributed by atoms with E-state index in [-0.39, 0.29) is 0 Å². The molecule has 1 heterocycles. The van der Waals surface area contributed by atoms with E-state index in [1.807, 2.05) is 11.3 Å². The molecule has 0 spiro atoms.